The smallest absolute Gasteiger partial charge is 0.0900 e. The van der Waals surface area contributed by atoms with Gasteiger partial charge in [-0.2, -0.15) is 0 Å². The number of fused-ring (bicyclic) bond motifs is 2. The normalized spacial score (nSPS) is 40.0. The van der Waals surface area contributed by atoms with E-state index in [1.54, 1.807) is 0 Å². The van der Waals surface area contributed by atoms with Crippen molar-refractivity contribution in [3.05, 3.63) is 0 Å². The lowest BCUT2D eigenvalue weighted by molar-refractivity contribution is -0.119. The zero-order chi connectivity index (χ0) is 19.5. The van der Waals surface area contributed by atoms with Crippen molar-refractivity contribution in [2.75, 3.05) is 13.2 Å². The summed E-state index contributed by atoms with van der Waals surface area (Å²) < 4.78 is 6.31. The Morgan fingerprint density at radius 3 is 2.08 bits per heavy atom. The fourth-order valence-electron chi connectivity index (χ4n) is 6.63. The molecular weight excluding hydrogens is 326 g/mol. The van der Waals surface area contributed by atoms with Crippen LogP contribution in [0.15, 0.2) is 0 Å². The first-order valence-electron chi connectivity index (χ1n) is 10.5. The quantitative estimate of drug-likeness (QED) is 0.780. The van der Waals surface area contributed by atoms with Gasteiger partial charge < -0.3 is 14.9 Å². The second-order valence-electron chi connectivity index (χ2n) is 11.4. The summed E-state index contributed by atoms with van der Waals surface area (Å²) in [6.07, 6.45) is 4.73. The first kappa shape index (κ1) is 20.6. The van der Waals surface area contributed by atoms with Crippen molar-refractivity contribution < 1.29 is 14.9 Å². The molecular formula is C22H41NO3. The lowest BCUT2D eigenvalue weighted by Gasteiger charge is -2.55. The van der Waals surface area contributed by atoms with Crippen LogP contribution in [0.25, 0.3) is 0 Å². The van der Waals surface area contributed by atoms with E-state index in [0.717, 1.165) is 25.2 Å². The molecule has 2 bridgehead atoms. The van der Waals surface area contributed by atoms with Gasteiger partial charge in [-0.05, 0) is 76.5 Å². The predicted molar refractivity (Wildman–Crippen MR) is 105 cm³/mol. The number of aliphatic hydroxyl groups excluding tert-OH is 2. The van der Waals surface area contributed by atoms with Crippen LogP contribution in [-0.2, 0) is 4.74 Å². The molecule has 0 amide bonds. The van der Waals surface area contributed by atoms with E-state index in [-0.39, 0.29) is 28.7 Å². The van der Waals surface area contributed by atoms with E-state index in [1.165, 1.54) is 12.8 Å². The van der Waals surface area contributed by atoms with Crippen LogP contribution in [-0.4, -0.2) is 57.7 Å². The molecule has 2 saturated carbocycles. The largest absolute Gasteiger partial charge is 0.393 e. The van der Waals surface area contributed by atoms with Crippen LogP contribution in [0.2, 0.25) is 0 Å². The molecule has 0 aromatic carbocycles. The molecule has 1 aliphatic heterocycles. The zero-order valence-electron chi connectivity index (χ0n) is 18.0. The summed E-state index contributed by atoms with van der Waals surface area (Å²) in [6.45, 7) is 16.9. The Balaban J connectivity index is 1.59. The monoisotopic (exact) mass is 367 g/mol. The number of aliphatic hydroxyl groups is 2. The third-order valence-corrected chi connectivity index (χ3v) is 8.53. The standard InChI is InChI=1S/C22H41NO3/c1-19(2)11-16(24)12-20(3,4)23(19)13-17(25)14-26-18-10-15-8-9-22(18,7)21(15,5)6/h15-18,24-25H,8-14H2,1-7H3/t15-,17+,18+,22-/m1/s1. The predicted octanol–water partition coefficient (Wildman–Crippen LogP) is 3.59. The SMILES string of the molecule is CC1(C)CC(O)CC(C)(C)N1C[C@H](O)CO[C@H]1C[C@H]2CC[C@@]1(C)C2(C)C. The van der Waals surface area contributed by atoms with Gasteiger partial charge in [0.25, 0.3) is 0 Å². The molecule has 3 aliphatic rings. The molecule has 0 spiro atoms. The van der Waals surface area contributed by atoms with Crippen LogP contribution in [0.5, 0.6) is 0 Å². The first-order chi connectivity index (χ1) is 11.8. The average Bonchev–Trinajstić information content (AvgIpc) is 2.80. The highest BCUT2D eigenvalue weighted by molar-refractivity contribution is 5.11. The molecule has 1 heterocycles. The maximum absolute atomic E-state index is 10.7. The molecule has 4 atom stereocenters. The highest BCUT2D eigenvalue weighted by Gasteiger charge is 2.61. The van der Waals surface area contributed by atoms with Crippen LogP contribution in [0.3, 0.4) is 0 Å². The van der Waals surface area contributed by atoms with Gasteiger partial charge in [0, 0.05) is 17.6 Å². The molecule has 0 unspecified atom stereocenters. The van der Waals surface area contributed by atoms with Gasteiger partial charge in [0.05, 0.1) is 24.9 Å². The van der Waals surface area contributed by atoms with Crippen LogP contribution in [0, 0.1) is 16.7 Å². The van der Waals surface area contributed by atoms with Crippen molar-refractivity contribution in [2.24, 2.45) is 16.7 Å². The van der Waals surface area contributed by atoms with Gasteiger partial charge in [-0.25, -0.2) is 0 Å². The number of nitrogens with zero attached hydrogens (tertiary/aromatic N) is 1. The molecule has 3 rings (SSSR count). The summed E-state index contributed by atoms with van der Waals surface area (Å²) in [6, 6.07) is 0. The average molecular weight is 368 g/mol. The number of ether oxygens (including phenoxy) is 1. The van der Waals surface area contributed by atoms with Crippen molar-refractivity contribution >= 4 is 0 Å². The van der Waals surface area contributed by atoms with Gasteiger partial charge in [-0.15, -0.1) is 0 Å². The third kappa shape index (κ3) is 3.25. The Morgan fingerprint density at radius 2 is 1.62 bits per heavy atom. The summed E-state index contributed by atoms with van der Waals surface area (Å²) in [5.41, 5.74) is 0.339. The van der Waals surface area contributed by atoms with E-state index < -0.39 is 6.10 Å². The third-order valence-electron chi connectivity index (χ3n) is 8.53. The van der Waals surface area contributed by atoms with Gasteiger partial charge >= 0.3 is 0 Å². The maximum Gasteiger partial charge on any atom is 0.0900 e. The summed E-state index contributed by atoms with van der Waals surface area (Å²) >= 11 is 0. The van der Waals surface area contributed by atoms with E-state index in [0.29, 0.717) is 18.6 Å². The number of rotatable bonds is 5. The Labute approximate surface area is 160 Å². The number of hydrogen-bond acceptors (Lipinski definition) is 4. The fraction of sp³-hybridized carbons (Fsp3) is 1.00. The van der Waals surface area contributed by atoms with Gasteiger partial charge in [0.1, 0.15) is 0 Å². The second kappa shape index (κ2) is 6.43. The Kier molecular flexibility index (Phi) is 5.09. The molecule has 1 saturated heterocycles. The molecule has 2 aliphatic carbocycles. The van der Waals surface area contributed by atoms with Gasteiger partial charge in [-0.3, -0.25) is 4.90 Å². The summed E-state index contributed by atoms with van der Waals surface area (Å²) in [5.74, 6) is 0.760. The second-order valence-corrected chi connectivity index (χ2v) is 11.4. The first-order valence-corrected chi connectivity index (χ1v) is 10.5. The Morgan fingerprint density at radius 1 is 1.04 bits per heavy atom. The molecule has 4 heteroatoms. The van der Waals surface area contributed by atoms with Crippen molar-refractivity contribution in [3.8, 4) is 0 Å². The topological polar surface area (TPSA) is 52.9 Å². The number of β-amino-alcohol motifs (C(OH)–C–C–N with tert-alkyl or cyclic N) is 1. The summed E-state index contributed by atoms with van der Waals surface area (Å²) in [7, 11) is 0. The van der Waals surface area contributed by atoms with Crippen LogP contribution < -0.4 is 0 Å². The minimum absolute atomic E-state index is 0.122. The minimum Gasteiger partial charge on any atom is -0.393 e. The number of hydrogen-bond donors (Lipinski definition) is 2. The van der Waals surface area contributed by atoms with E-state index in [9.17, 15) is 10.2 Å². The van der Waals surface area contributed by atoms with Crippen molar-refractivity contribution in [1.82, 2.24) is 4.90 Å². The lowest BCUT2D eigenvalue weighted by Crippen LogP contribution is -2.63. The van der Waals surface area contributed by atoms with Crippen molar-refractivity contribution in [2.45, 2.75) is 110 Å². The van der Waals surface area contributed by atoms with Crippen LogP contribution in [0.4, 0.5) is 0 Å². The van der Waals surface area contributed by atoms with Gasteiger partial charge in [0.15, 0.2) is 0 Å². The molecule has 0 radical (unpaired) electrons. The van der Waals surface area contributed by atoms with E-state index in [2.05, 4.69) is 53.4 Å². The minimum atomic E-state index is -0.491. The van der Waals surface area contributed by atoms with Crippen molar-refractivity contribution in [3.63, 3.8) is 0 Å². The Bertz CT molecular complexity index is 511. The summed E-state index contributed by atoms with van der Waals surface area (Å²) in [4.78, 5) is 2.37. The highest BCUT2D eigenvalue weighted by Crippen LogP contribution is 2.66. The maximum atomic E-state index is 10.7. The Hall–Kier alpha value is -0.160. The lowest BCUT2D eigenvalue weighted by atomic mass is 9.70. The molecule has 0 aromatic heterocycles. The highest BCUT2D eigenvalue weighted by atomic mass is 16.5. The van der Waals surface area contributed by atoms with Gasteiger partial charge in [0.2, 0.25) is 0 Å². The van der Waals surface area contributed by atoms with E-state index >= 15 is 0 Å². The molecule has 0 aromatic rings. The molecule has 4 nitrogen and oxygen atoms in total. The molecule has 26 heavy (non-hydrogen) atoms. The van der Waals surface area contributed by atoms with E-state index in [4.69, 9.17) is 4.74 Å². The summed E-state index contributed by atoms with van der Waals surface area (Å²) in [5, 5.41) is 21.0. The van der Waals surface area contributed by atoms with Crippen LogP contribution >= 0.6 is 0 Å². The zero-order valence-corrected chi connectivity index (χ0v) is 18.0. The van der Waals surface area contributed by atoms with Gasteiger partial charge in [-0.1, -0.05) is 20.8 Å². The van der Waals surface area contributed by atoms with Crippen LogP contribution in [0.1, 0.15) is 80.6 Å². The van der Waals surface area contributed by atoms with E-state index in [1.807, 2.05) is 0 Å². The molecule has 152 valence electrons. The number of piperidine rings is 1. The number of likely N-dealkylation sites (tertiary alicyclic amines) is 1. The fourth-order valence-corrected chi connectivity index (χ4v) is 6.63. The molecule has 2 N–H and O–H groups in total. The van der Waals surface area contributed by atoms with Crippen molar-refractivity contribution in [1.29, 1.82) is 0 Å². The molecule has 3 fully saturated rings.